The Hall–Kier alpha value is -0.900. The predicted molar refractivity (Wildman–Crippen MR) is 65.3 cm³/mol. The monoisotopic (exact) mass is 223 g/mol. The molecule has 1 aromatic carbocycles. The van der Waals surface area contributed by atoms with Crippen molar-refractivity contribution in [2.75, 3.05) is 32.8 Å². The number of aliphatic hydroxyl groups is 1. The van der Waals surface area contributed by atoms with Crippen LogP contribution in [0.1, 0.15) is 12.5 Å². The van der Waals surface area contributed by atoms with E-state index in [1.54, 1.807) is 0 Å². The van der Waals surface area contributed by atoms with Gasteiger partial charge in [-0.15, -0.1) is 0 Å². The fourth-order valence-electron chi connectivity index (χ4n) is 1.53. The van der Waals surface area contributed by atoms with Gasteiger partial charge >= 0.3 is 0 Å². The summed E-state index contributed by atoms with van der Waals surface area (Å²) in [5, 5.41) is 8.82. The predicted octanol–water partition coefficient (Wildman–Crippen LogP) is 1.52. The first-order valence-electron chi connectivity index (χ1n) is 5.81. The van der Waals surface area contributed by atoms with E-state index < -0.39 is 0 Å². The van der Waals surface area contributed by atoms with Crippen LogP contribution in [0, 0.1) is 0 Å². The Morgan fingerprint density at radius 2 is 1.94 bits per heavy atom. The van der Waals surface area contributed by atoms with Crippen molar-refractivity contribution < 1.29 is 9.84 Å². The van der Waals surface area contributed by atoms with Gasteiger partial charge in [-0.1, -0.05) is 37.3 Å². The van der Waals surface area contributed by atoms with Gasteiger partial charge in [-0.2, -0.15) is 0 Å². The summed E-state index contributed by atoms with van der Waals surface area (Å²) >= 11 is 0. The van der Waals surface area contributed by atoms with Crippen molar-refractivity contribution in [2.24, 2.45) is 0 Å². The fraction of sp³-hybridized carbons (Fsp3) is 0.538. The van der Waals surface area contributed by atoms with Crippen LogP contribution >= 0.6 is 0 Å². The number of nitrogens with zero attached hydrogens (tertiary/aromatic N) is 1. The average Bonchev–Trinajstić information content (AvgIpc) is 2.34. The summed E-state index contributed by atoms with van der Waals surface area (Å²) in [6.07, 6.45) is 0. The van der Waals surface area contributed by atoms with Crippen molar-refractivity contribution in [3.8, 4) is 0 Å². The van der Waals surface area contributed by atoms with Crippen LogP contribution in [-0.4, -0.2) is 42.9 Å². The molecule has 0 aromatic heterocycles. The van der Waals surface area contributed by atoms with Gasteiger partial charge in [-0.3, -0.25) is 4.90 Å². The standard InChI is InChI=1S/C13H21NO2/c1-2-14(8-10-15)9-11-16-12-13-6-4-3-5-7-13/h3-7,15H,2,8-12H2,1H3. The second-order valence-corrected chi connectivity index (χ2v) is 3.70. The third-order valence-electron chi connectivity index (χ3n) is 2.53. The lowest BCUT2D eigenvalue weighted by atomic mass is 10.2. The van der Waals surface area contributed by atoms with E-state index in [1.165, 1.54) is 5.56 Å². The lowest BCUT2D eigenvalue weighted by Crippen LogP contribution is -2.30. The maximum atomic E-state index is 8.82. The molecule has 3 nitrogen and oxygen atoms in total. The van der Waals surface area contributed by atoms with E-state index in [1.807, 2.05) is 18.2 Å². The maximum absolute atomic E-state index is 8.82. The van der Waals surface area contributed by atoms with Gasteiger partial charge in [0.25, 0.3) is 0 Å². The molecule has 0 bridgehead atoms. The number of likely N-dealkylation sites (N-methyl/N-ethyl adjacent to an activating group) is 1. The zero-order chi connectivity index (χ0) is 11.6. The number of benzene rings is 1. The first-order valence-corrected chi connectivity index (χ1v) is 5.81. The molecule has 0 radical (unpaired) electrons. The Morgan fingerprint density at radius 1 is 1.19 bits per heavy atom. The van der Waals surface area contributed by atoms with Gasteiger partial charge in [0.2, 0.25) is 0 Å². The SMILES string of the molecule is CCN(CCO)CCOCc1ccccc1. The average molecular weight is 223 g/mol. The Bertz CT molecular complexity index is 264. The molecule has 0 fully saturated rings. The molecule has 1 rings (SSSR count). The number of rotatable bonds is 8. The highest BCUT2D eigenvalue weighted by Crippen LogP contribution is 2.00. The van der Waals surface area contributed by atoms with Gasteiger partial charge in [-0.05, 0) is 12.1 Å². The fourth-order valence-corrected chi connectivity index (χ4v) is 1.53. The van der Waals surface area contributed by atoms with Crippen molar-refractivity contribution in [2.45, 2.75) is 13.5 Å². The molecule has 16 heavy (non-hydrogen) atoms. The summed E-state index contributed by atoms with van der Waals surface area (Å²) in [5.41, 5.74) is 1.20. The van der Waals surface area contributed by atoms with Crippen molar-refractivity contribution in [1.82, 2.24) is 4.90 Å². The highest BCUT2D eigenvalue weighted by Gasteiger charge is 2.00. The normalized spacial score (nSPS) is 10.9. The van der Waals surface area contributed by atoms with E-state index in [9.17, 15) is 0 Å². The van der Waals surface area contributed by atoms with E-state index >= 15 is 0 Å². The Labute approximate surface area is 97.7 Å². The number of aliphatic hydroxyl groups excluding tert-OH is 1. The highest BCUT2D eigenvalue weighted by atomic mass is 16.5. The van der Waals surface area contributed by atoms with Gasteiger partial charge in [0, 0.05) is 13.1 Å². The summed E-state index contributed by atoms with van der Waals surface area (Å²) in [6.45, 7) is 6.24. The third-order valence-corrected chi connectivity index (χ3v) is 2.53. The lowest BCUT2D eigenvalue weighted by Gasteiger charge is -2.18. The first kappa shape index (κ1) is 13.2. The summed E-state index contributed by atoms with van der Waals surface area (Å²) in [6, 6.07) is 10.2. The minimum Gasteiger partial charge on any atom is -0.395 e. The highest BCUT2D eigenvalue weighted by molar-refractivity contribution is 5.13. The maximum Gasteiger partial charge on any atom is 0.0717 e. The lowest BCUT2D eigenvalue weighted by molar-refractivity contribution is 0.0877. The van der Waals surface area contributed by atoms with Gasteiger partial charge in [0.15, 0.2) is 0 Å². The van der Waals surface area contributed by atoms with Gasteiger partial charge in [0.05, 0.1) is 19.8 Å². The van der Waals surface area contributed by atoms with Crippen LogP contribution in [0.2, 0.25) is 0 Å². The zero-order valence-corrected chi connectivity index (χ0v) is 9.93. The van der Waals surface area contributed by atoms with Crippen molar-refractivity contribution in [1.29, 1.82) is 0 Å². The molecule has 0 saturated carbocycles. The minimum absolute atomic E-state index is 0.215. The molecule has 3 heteroatoms. The van der Waals surface area contributed by atoms with Crippen molar-refractivity contribution in [3.05, 3.63) is 35.9 Å². The van der Waals surface area contributed by atoms with Gasteiger partial charge < -0.3 is 9.84 Å². The van der Waals surface area contributed by atoms with E-state index in [-0.39, 0.29) is 6.61 Å². The molecule has 0 unspecified atom stereocenters. The Morgan fingerprint density at radius 3 is 2.56 bits per heavy atom. The van der Waals surface area contributed by atoms with Gasteiger partial charge in [0.1, 0.15) is 0 Å². The second kappa shape index (κ2) is 8.28. The molecule has 0 aliphatic heterocycles. The molecule has 0 aliphatic rings. The summed E-state index contributed by atoms with van der Waals surface area (Å²) in [4.78, 5) is 2.17. The van der Waals surface area contributed by atoms with Crippen LogP contribution in [0.25, 0.3) is 0 Å². The van der Waals surface area contributed by atoms with Crippen LogP contribution in [0.5, 0.6) is 0 Å². The minimum atomic E-state index is 0.215. The molecule has 1 N–H and O–H groups in total. The molecular weight excluding hydrogens is 202 g/mol. The quantitative estimate of drug-likeness (QED) is 0.678. The molecule has 1 aromatic rings. The molecule has 0 atom stereocenters. The summed E-state index contributed by atoms with van der Waals surface area (Å²) in [7, 11) is 0. The van der Waals surface area contributed by atoms with Crippen LogP contribution < -0.4 is 0 Å². The number of hydrogen-bond donors (Lipinski definition) is 1. The van der Waals surface area contributed by atoms with Crippen LogP contribution in [-0.2, 0) is 11.3 Å². The molecule has 0 saturated heterocycles. The molecule has 0 heterocycles. The zero-order valence-electron chi connectivity index (χ0n) is 9.93. The Balaban J connectivity index is 2.11. The third kappa shape index (κ3) is 5.26. The van der Waals surface area contributed by atoms with Crippen molar-refractivity contribution in [3.63, 3.8) is 0 Å². The van der Waals surface area contributed by atoms with Crippen molar-refractivity contribution >= 4 is 0 Å². The summed E-state index contributed by atoms with van der Waals surface area (Å²) in [5.74, 6) is 0. The summed E-state index contributed by atoms with van der Waals surface area (Å²) < 4.78 is 5.58. The largest absolute Gasteiger partial charge is 0.395 e. The number of ether oxygens (including phenoxy) is 1. The molecule has 0 amide bonds. The van der Waals surface area contributed by atoms with E-state index in [0.29, 0.717) is 13.2 Å². The van der Waals surface area contributed by atoms with E-state index in [2.05, 4.69) is 24.0 Å². The van der Waals surface area contributed by atoms with E-state index in [0.717, 1.165) is 19.6 Å². The smallest absolute Gasteiger partial charge is 0.0717 e. The van der Waals surface area contributed by atoms with Crippen LogP contribution in [0.3, 0.4) is 0 Å². The molecular formula is C13H21NO2. The Kier molecular flexibility index (Phi) is 6.81. The first-order chi connectivity index (χ1) is 7.86. The second-order valence-electron chi connectivity index (χ2n) is 3.70. The molecule has 90 valence electrons. The van der Waals surface area contributed by atoms with Gasteiger partial charge in [-0.25, -0.2) is 0 Å². The van der Waals surface area contributed by atoms with E-state index in [4.69, 9.17) is 9.84 Å². The van der Waals surface area contributed by atoms with Crippen LogP contribution in [0.4, 0.5) is 0 Å². The topological polar surface area (TPSA) is 32.7 Å². The molecule has 0 spiro atoms. The molecule has 0 aliphatic carbocycles. The van der Waals surface area contributed by atoms with Crippen LogP contribution in [0.15, 0.2) is 30.3 Å². The number of hydrogen-bond acceptors (Lipinski definition) is 3.